The predicted octanol–water partition coefficient (Wildman–Crippen LogP) is 0.703. The van der Waals surface area contributed by atoms with E-state index in [1.165, 1.54) is 0 Å². The molecule has 0 aliphatic rings. The SMILES string of the molecule is Cn1ccnc1CC#CC(C)(C)N. The van der Waals surface area contributed by atoms with Gasteiger partial charge in [-0.3, -0.25) is 0 Å². The topological polar surface area (TPSA) is 43.8 Å². The van der Waals surface area contributed by atoms with Gasteiger partial charge in [-0.05, 0) is 13.8 Å². The number of hydrogen-bond donors (Lipinski definition) is 1. The van der Waals surface area contributed by atoms with Gasteiger partial charge in [0, 0.05) is 19.4 Å². The number of imidazole rings is 1. The molecule has 2 N–H and O–H groups in total. The average molecular weight is 177 g/mol. The quantitative estimate of drug-likeness (QED) is 0.642. The second-order valence-corrected chi connectivity index (χ2v) is 3.65. The molecule has 0 saturated carbocycles. The third-order valence-corrected chi connectivity index (χ3v) is 1.58. The number of aromatic nitrogens is 2. The van der Waals surface area contributed by atoms with Crippen LogP contribution in [0, 0.1) is 11.8 Å². The Hall–Kier alpha value is -1.27. The van der Waals surface area contributed by atoms with Gasteiger partial charge in [-0.25, -0.2) is 4.98 Å². The highest BCUT2D eigenvalue weighted by molar-refractivity contribution is 5.16. The fraction of sp³-hybridized carbons (Fsp3) is 0.500. The van der Waals surface area contributed by atoms with Gasteiger partial charge in [0.25, 0.3) is 0 Å². The van der Waals surface area contributed by atoms with Crippen LogP contribution < -0.4 is 5.73 Å². The predicted molar refractivity (Wildman–Crippen MR) is 53.0 cm³/mol. The molecule has 0 saturated heterocycles. The average Bonchev–Trinajstić information content (AvgIpc) is 2.34. The third-order valence-electron chi connectivity index (χ3n) is 1.58. The molecule has 0 unspecified atom stereocenters. The van der Waals surface area contributed by atoms with Gasteiger partial charge in [0.05, 0.1) is 12.0 Å². The highest BCUT2D eigenvalue weighted by Crippen LogP contribution is 1.96. The normalized spacial score (nSPS) is 10.8. The van der Waals surface area contributed by atoms with Gasteiger partial charge in [0.2, 0.25) is 0 Å². The molecule has 1 aromatic rings. The second kappa shape index (κ2) is 3.63. The summed E-state index contributed by atoms with van der Waals surface area (Å²) in [5, 5.41) is 0. The zero-order valence-electron chi connectivity index (χ0n) is 8.33. The van der Waals surface area contributed by atoms with E-state index in [-0.39, 0.29) is 0 Å². The highest BCUT2D eigenvalue weighted by atomic mass is 15.0. The lowest BCUT2D eigenvalue weighted by Crippen LogP contribution is -2.29. The summed E-state index contributed by atoms with van der Waals surface area (Å²) in [7, 11) is 1.96. The summed E-state index contributed by atoms with van der Waals surface area (Å²) in [6.07, 6.45) is 4.33. The molecule has 0 aliphatic heterocycles. The first kappa shape index (κ1) is 9.82. The molecule has 3 nitrogen and oxygen atoms in total. The van der Waals surface area contributed by atoms with E-state index in [1.54, 1.807) is 6.20 Å². The molecular weight excluding hydrogens is 162 g/mol. The van der Waals surface area contributed by atoms with E-state index < -0.39 is 5.54 Å². The Morgan fingerprint density at radius 2 is 2.31 bits per heavy atom. The molecule has 13 heavy (non-hydrogen) atoms. The van der Waals surface area contributed by atoms with Crippen LogP contribution in [-0.2, 0) is 13.5 Å². The molecule has 0 bridgehead atoms. The molecule has 0 radical (unpaired) electrons. The van der Waals surface area contributed by atoms with Crippen molar-refractivity contribution in [2.24, 2.45) is 12.8 Å². The first-order valence-corrected chi connectivity index (χ1v) is 4.24. The summed E-state index contributed by atoms with van der Waals surface area (Å²) < 4.78 is 1.96. The van der Waals surface area contributed by atoms with Crippen molar-refractivity contribution in [1.29, 1.82) is 0 Å². The van der Waals surface area contributed by atoms with E-state index in [0.717, 1.165) is 5.82 Å². The van der Waals surface area contributed by atoms with Gasteiger partial charge in [-0.1, -0.05) is 11.8 Å². The maximum atomic E-state index is 5.71. The zero-order valence-corrected chi connectivity index (χ0v) is 8.33. The first-order valence-electron chi connectivity index (χ1n) is 4.24. The van der Waals surface area contributed by atoms with Crippen LogP contribution in [0.25, 0.3) is 0 Å². The fourth-order valence-corrected chi connectivity index (χ4v) is 0.918. The Balaban J connectivity index is 2.61. The number of hydrogen-bond acceptors (Lipinski definition) is 2. The number of aryl methyl sites for hydroxylation is 1. The molecule has 1 rings (SSSR count). The maximum Gasteiger partial charge on any atom is 0.120 e. The summed E-state index contributed by atoms with van der Waals surface area (Å²) in [6, 6.07) is 0. The van der Waals surface area contributed by atoms with Gasteiger partial charge < -0.3 is 10.3 Å². The largest absolute Gasteiger partial charge is 0.337 e. The van der Waals surface area contributed by atoms with Crippen LogP contribution in [0.2, 0.25) is 0 Å². The standard InChI is InChI=1S/C10H15N3/c1-10(2,11)6-4-5-9-12-7-8-13(9)3/h7-8H,5,11H2,1-3H3. The minimum absolute atomic E-state index is 0.412. The van der Waals surface area contributed by atoms with Crippen molar-refractivity contribution in [3.63, 3.8) is 0 Å². The molecule has 0 aromatic carbocycles. The van der Waals surface area contributed by atoms with Crippen molar-refractivity contribution < 1.29 is 0 Å². The Morgan fingerprint density at radius 3 is 2.77 bits per heavy atom. The van der Waals surface area contributed by atoms with Gasteiger partial charge >= 0.3 is 0 Å². The molecule has 1 aromatic heterocycles. The number of nitrogens with zero attached hydrogens (tertiary/aromatic N) is 2. The van der Waals surface area contributed by atoms with E-state index >= 15 is 0 Å². The maximum absolute atomic E-state index is 5.71. The lowest BCUT2D eigenvalue weighted by molar-refractivity contribution is 0.679. The van der Waals surface area contributed by atoms with Crippen molar-refractivity contribution in [2.45, 2.75) is 25.8 Å². The Morgan fingerprint density at radius 1 is 1.62 bits per heavy atom. The Bertz CT molecular complexity index is 333. The third kappa shape index (κ3) is 3.30. The van der Waals surface area contributed by atoms with Gasteiger partial charge in [0.15, 0.2) is 0 Å². The molecular formula is C10H15N3. The summed E-state index contributed by atoms with van der Waals surface area (Å²) in [6.45, 7) is 3.77. The molecule has 70 valence electrons. The van der Waals surface area contributed by atoms with Crippen LogP contribution >= 0.6 is 0 Å². The molecule has 0 aliphatic carbocycles. The van der Waals surface area contributed by atoms with Gasteiger partial charge in [0.1, 0.15) is 5.82 Å². The van der Waals surface area contributed by atoms with Crippen LogP contribution in [0.15, 0.2) is 12.4 Å². The number of nitrogens with two attached hydrogens (primary N) is 1. The van der Waals surface area contributed by atoms with Crippen LogP contribution in [0.4, 0.5) is 0 Å². The van der Waals surface area contributed by atoms with Crippen LogP contribution in [0.3, 0.4) is 0 Å². The zero-order chi connectivity index (χ0) is 9.90. The van der Waals surface area contributed by atoms with Crippen molar-refractivity contribution in [3.8, 4) is 11.8 Å². The number of rotatable bonds is 1. The highest BCUT2D eigenvalue weighted by Gasteiger charge is 2.03. The lowest BCUT2D eigenvalue weighted by Gasteiger charge is -2.07. The van der Waals surface area contributed by atoms with Crippen molar-refractivity contribution >= 4 is 0 Å². The van der Waals surface area contributed by atoms with Gasteiger partial charge in [-0.15, -0.1) is 0 Å². The van der Waals surface area contributed by atoms with Crippen molar-refractivity contribution in [3.05, 3.63) is 18.2 Å². The minimum atomic E-state index is -0.412. The van der Waals surface area contributed by atoms with E-state index in [9.17, 15) is 0 Å². The van der Waals surface area contributed by atoms with E-state index in [4.69, 9.17) is 5.73 Å². The van der Waals surface area contributed by atoms with E-state index in [1.807, 2.05) is 31.7 Å². The van der Waals surface area contributed by atoms with E-state index in [2.05, 4.69) is 16.8 Å². The van der Waals surface area contributed by atoms with Crippen molar-refractivity contribution in [2.75, 3.05) is 0 Å². The summed E-state index contributed by atoms with van der Waals surface area (Å²) in [5.74, 6) is 6.94. The molecule has 0 amide bonds. The van der Waals surface area contributed by atoms with Crippen molar-refractivity contribution in [1.82, 2.24) is 9.55 Å². The summed E-state index contributed by atoms with van der Waals surface area (Å²) in [4.78, 5) is 4.15. The Kier molecular flexibility index (Phi) is 2.74. The van der Waals surface area contributed by atoms with Crippen LogP contribution in [-0.4, -0.2) is 15.1 Å². The molecule has 0 fully saturated rings. The molecule has 0 atom stereocenters. The minimum Gasteiger partial charge on any atom is -0.337 e. The molecule has 3 heteroatoms. The monoisotopic (exact) mass is 177 g/mol. The van der Waals surface area contributed by atoms with E-state index in [0.29, 0.717) is 6.42 Å². The van der Waals surface area contributed by atoms with Gasteiger partial charge in [-0.2, -0.15) is 0 Å². The van der Waals surface area contributed by atoms with Crippen LogP contribution in [0.5, 0.6) is 0 Å². The molecule has 1 heterocycles. The molecule has 0 spiro atoms. The first-order chi connectivity index (χ1) is 5.99. The lowest BCUT2D eigenvalue weighted by atomic mass is 10.1. The summed E-state index contributed by atoms with van der Waals surface area (Å²) >= 11 is 0. The smallest absolute Gasteiger partial charge is 0.120 e. The van der Waals surface area contributed by atoms with Crippen LogP contribution in [0.1, 0.15) is 19.7 Å². The Labute approximate surface area is 79.0 Å². The second-order valence-electron chi connectivity index (χ2n) is 3.65. The summed E-state index contributed by atoms with van der Waals surface area (Å²) in [5.41, 5.74) is 5.30. The fourth-order valence-electron chi connectivity index (χ4n) is 0.918.